The fourth-order valence-electron chi connectivity index (χ4n) is 4.58. The van der Waals surface area contributed by atoms with Crippen LogP contribution < -0.4 is 19.2 Å². The van der Waals surface area contributed by atoms with Gasteiger partial charge in [0.1, 0.15) is 23.1 Å². The highest BCUT2D eigenvalue weighted by Crippen LogP contribution is 2.30. The zero-order valence-electron chi connectivity index (χ0n) is 22.4. The Balaban J connectivity index is 1.26. The Kier molecular flexibility index (Phi) is 7.60. The summed E-state index contributed by atoms with van der Waals surface area (Å²) in [6.45, 7) is 9.39. The van der Waals surface area contributed by atoms with Crippen LogP contribution in [-0.4, -0.2) is 32.6 Å². The number of nitrogens with one attached hydrogen (secondary N) is 2. The predicted molar refractivity (Wildman–Crippen MR) is 156 cm³/mol. The van der Waals surface area contributed by atoms with Gasteiger partial charge < -0.3 is 24.5 Å². The molecule has 0 saturated heterocycles. The van der Waals surface area contributed by atoms with Crippen LogP contribution in [0.4, 0.5) is 5.69 Å². The van der Waals surface area contributed by atoms with E-state index in [0.29, 0.717) is 28.9 Å². The number of hydrogen-bond donors (Lipinski definition) is 3. The van der Waals surface area contributed by atoms with Gasteiger partial charge in [0.25, 0.3) is 0 Å². The van der Waals surface area contributed by atoms with Gasteiger partial charge in [0.2, 0.25) is 5.88 Å². The molecule has 1 unspecified atom stereocenters. The second-order valence-electron chi connectivity index (χ2n) is 9.65. The van der Waals surface area contributed by atoms with Gasteiger partial charge in [-0.25, -0.2) is 4.98 Å². The number of ether oxygens (including phenoxy) is 2. The number of H-pyrrole nitrogens is 2. The van der Waals surface area contributed by atoms with Gasteiger partial charge in [-0.1, -0.05) is 29.5 Å². The molecule has 8 nitrogen and oxygen atoms in total. The molecule has 1 atom stereocenters. The molecule has 0 bridgehead atoms. The van der Waals surface area contributed by atoms with Gasteiger partial charge >= 0.3 is 4.87 Å². The molecule has 0 fully saturated rings. The molecule has 9 heteroatoms. The first-order chi connectivity index (χ1) is 18.8. The van der Waals surface area contributed by atoms with Crippen molar-refractivity contribution >= 4 is 28.1 Å². The second kappa shape index (κ2) is 11.2. The zero-order valence-corrected chi connectivity index (χ0v) is 23.2. The van der Waals surface area contributed by atoms with Crippen molar-refractivity contribution in [3.8, 4) is 23.1 Å². The van der Waals surface area contributed by atoms with Crippen LogP contribution in [0.3, 0.4) is 0 Å². The number of fused-ring (bicyclic) bond motifs is 1. The molecule has 5 aromatic rings. The molecule has 0 radical (unpaired) electrons. The number of nitrogens with zero attached hydrogens (tertiary/aromatic N) is 2. The van der Waals surface area contributed by atoms with Crippen molar-refractivity contribution in [1.82, 2.24) is 15.0 Å². The first-order valence-electron chi connectivity index (χ1n) is 13.0. The Morgan fingerprint density at radius 1 is 0.974 bits per heavy atom. The number of rotatable bonds is 10. The van der Waals surface area contributed by atoms with Crippen LogP contribution in [0.1, 0.15) is 50.1 Å². The summed E-state index contributed by atoms with van der Waals surface area (Å²) in [5.41, 5.74) is 3.80. The topological polar surface area (TPSA) is 103 Å². The summed E-state index contributed by atoms with van der Waals surface area (Å²) in [4.78, 5) is 24.5. The maximum atomic E-state index is 11.4. The second-order valence-corrected chi connectivity index (χ2v) is 10.7. The lowest BCUT2D eigenvalue weighted by molar-refractivity contribution is 0.218. The van der Waals surface area contributed by atoms with Gasteiger partial charge in [0.05, 0.1) is 15.9 Å². The van der Waals surface area contributed by atoms with Gasteiger partial charge in [0.15, 0.2) is 6.10 Å². The largest absolute Gasteiger partial charge is 0.494 e. The smallest absolute Gasteiger partial charge is 0.307 e. The summed E-state index contributed by atoms with van der Waals surface area (Å²) < 4.78 is 12.3. The molecule has 0 spiro atoms. The Morgan fingerprint density at radius 2 is 1.72 bits per heavy atom. The van der Waals surface area contributed by atoms with Crippen molar-refractivity contribution in [2.24, 2.45) is 0 Å². The molecule has 39 heavy (non-hydrogen) atoms. The van der Waals surface area contributed by atoms with Crippen molar-refractivity contribution < 1.29 is 14.6 Å². The average molecular weight is 545 g/mol. The maximum Gasteiger partial charge on any atom is 0.307 e. The van der Waals surface area contributed by atoms with Crippen LogP contribution in [0.25, 0.3) is 11.0 Å². The molecule has 3 N–H and O–H groups in total. The number of anilines is 1. The Labute approximate surface area is 230 Å². The van der Waals surface area contributed by atoms with E-state index in [-0.39, 0.29) is 16.9 Å². The molecule has 0 aliphatic heterocycles. The van der Waals surface area contributed by atoms with Crippen LogP contribution in [0.5, 0.6) is 23.1 Å². The van der Waals surface area contributed by atoms with Crippen molar-refractivity contribution in [1.29, 1.82) is 0 Å². The van der Waals surface area contributed by atoms with Crippen LogP contribution in [0.2, 0.25) is 0 Å². The Bertz CT molecular complexity index is 1620. The fraction of sp³-hybridized carbons (Fsp3) is 0.267. The molecular formula is C30H32N4O4S. The number of aromatic amines is 2. The number of hydrogen-bond acceptors (Lipinski definition) is 7. The van der Waals surface area contributed by atoms with Crippen molar-refractivity contribution in [3.05, 3.63) is 92.7 Å². The van der Waals surface area contributed by atoms with E-state index in [0.717, 1.165) is 51.7 Å². The number of aromatic nitrogens is 3. The lowest BCUT2D eigenvalue weighted by atomic mass is 10.1. The Hall–Kier alpha value is -4.24. The molecular weight excluding hydrogens is 512 g/mol. The van der Waals surface area contributed by atoms with E-state index in [4.69, 9.17) is 14.5 Å². The van der Waals surface area contributed by atoms with E-state index >= 15 is 0 Å². The molecule has 0 aliphatic carbocycles. The van der Waals surface area contributed by atoms with Gasteiger partial charge in [-0.2, -0.15) is 0 Å². The molecule has 0 aliphatic rings. The third kappa shape index (κ3) is 6.09. The summed E-state index contributed by atoms with van der Waals surface area (Å²) in [7, 11) is 0. The number of imidazole rings is 1. The van der Waals surface area contributed by atoms with Crippen LogP contribution in [0, 0.1) is 0 Å². The highest BCUT2D eigenvalue weighted by atomic mass is 32.1. The minimum Gasteiger partial charge on any atom is -0.494 e. The minimum atomic E-state index is -0.306. The van der Waals surface area contributed by atoms with Gasteiger partial charge in [-0.3, -0.25) is 9.78 Å². The summed E-state index contributed by atoms with van der Waals surface area (Å²) in [6.07, 6.45) is 0.164. The van der Waals surface area contributed by atoms with Crippen LogP contribution >= 0.6 is 11.3 Å². The van der Waals surface area contributed by atoms with E-state index in [1.165, 1.54) is 0 Å². The third-order valence-corrected chi connectivity index (χ3v) is 7.38. The standard InChI is InChI=1S/C30H32N4O4S/c1-5-34(18(2)3)21-7-6-8-23(16-21)38-24-13-14-25-26(17-24)32-28(31-25)19(4)37-22-11-9-20(10-12-22)15-27-29(35)33-30(36)39-27/h6-14,16-19,35H,5,15H2,1-4H3,(H,31,32)(H,33,36). The van der Waals surface area contributed by atoms with Crippen molar-refractivity contribution in [2.75, 3.05) is 11.4 Å². The molecule has 5 rings (SSSR count). The van der Waals surface area contributed by atoms with Crippen molar-refractivity contribution in [3.63, 3.8) is 0 Å². The lowest BCUT2D eigenvalue weighted by Crippen LogP contribution is -2.30. The van der Waals surface area contributed by atoms with Gasteiger partial charge in [0, 0.05) is 36.8 Å². The van der Waals surface area contributed by atoms with E-state index in [2.05, 4.69) is 47.8 Å². The third-order valence-electron chi connectivity index (χ3n) is 6.51. The van der Waals surface area contributed by atoms with Crippen LogP contribution in [0.15, 0.2) is 71.5 Å². The molecule has 0 amide bonds. The highest BCUT2D eigenvalue weighted by molar-refractivity contribution is 7.09. The number of benzene rings is 3. The first-order valence-corrected chi connectivity index (χ1v) is 13.8. The quantitative estimate of drug-likeness (QED) is 0.179. The number of thiazole rings is 1. The van der Waals surface area contributed by atoms with E-state index < -0.39 is 0 Å². The lowest BCUT2D eigenvalue weighted by Gasteiger charge is -2.27. The average Bonchev–Trinajstić information content (AvgIpc) is 3.47. The fourth-order valence-corrected chi connectivity index (χ4v) is 5.33. The van der Waals surface area contributed by atoms with Gasteiger partial charge in [-0.15, -0.1) is 0 Å². The summed E-state index contributed by atoms with van der Waals surface area (Å²) in [6, 6.07) is 21.9. The zero-order chi connectivity index (χ0) is 27.5. The molecule has 2 heterocycles. The number of aromatic hydroxyl groups is 1. The minimum absolute atomic E-state index is 0.0693. The van der Waals surface area contributed by atoms with Gasteiger partial charge in [-0.05, 0) is 69.7 Å². The van der Waals surface area contributed by atoms with Crippen LogP contribution in [-0.2, 0) is 6.42 Å². The first kappa shape index (κ1) is 26.4. The molecule has 3 aromatic carbocycles. The predicted octanol–water partition coefficient (Wildman–Crippen LogP) is 6.78. The molecule has 0 saturated carbocycles. The molecule has 202 valence electrons. The summed E-state index contributed by atoms with van der Waals surface area (Å²) in [5, 5.41) is 9.81. The maximum absolute atomic E-state index is 11.4. The SMILES string of the molecule is CCN(c1cccc(Oc2ccc3nc(C(C)Oc4ccc(Cc5sc(=O)[nH]c5O)cc4)[nH]c3c2)c1)C(C)C. The Morgan fingerprint density at radius 3 is 2.41 bits per heavy atom. The summed E-state index contributed by atoms with van der Waals surface area (Å²) in [5.74, 6) is 2.85. The monoisotopic (exact) mass is 544 g/mol. The highest BCUT2D eigenvalue weighted by Gasteiger charge is 2.15. The summed E-state index contributed by atoms with van der Waals surface area (Å²) >= 11 is 1.01. The van der Waals surface area contributed by atoms with Crippen molar-refractivity contribution in [2.45, 2.75) is 46.3 Å². The van der Waals surface area contributed by atoms with E-state index in [1.54, 1.807) is 0 Å². The molecule has 2 aromatic heterocycles. The normalized spacial score (nSPS) is 12.1. The van der Waals surface area contributed by atoms with E-state index in [9.17, 15) is 9.90 Å². The van der Waals surface area contributed by atoms with E-state index in [1.807, 2.05) is 61.5 Å².